The number of hydrogen-bond donors (Lipinski definition) is 0. The first-order valence-corrected chi connectivity index (χ1v) is 7.17. The summed E-state index contributed by atoms with van der Waals surface area (Å²) in [7, 11) is -1.35. The van der Waals surface area contributed by atoms with Crippen molar-refractivity contribution >= 4 is 24.2 Å². The molecule has 0 radical (unpaired) electrons. The Kier molecular flexibility index (Phi) is 4.44. The van der Waals surface area contributed by atoms with Crippen molar-refractivity contribution in [2.24, 2.45) is 0 Å². The SMILES string of the molecule is C=CCO[Si](C)(C)CBr. The first kappa shape index (κ1) is 9.40. The van der Waals surface area contributed by atoms with E-state index < -0.39 is 8.32 Å². The number of rotatable bonds is 4. The van der Waals surface area contributed by atoms with Crippen molar-refractivity contribution < 1.29 is 4.43 Å². The van der Waals surface area contributed by atoms with Crippen LogP contribution in [0.3, 0.4) is 0 Å². The van der Waals surface area contributed by atoms with E-state index in [1.165, 1.54) is 0 Å². The van der Waals surface area contributed by atoms with Crippen molar-refractivity contribution in [2.75, 3.05) is 11.6 Å². The molecule has 54 valence electrons. The maximum Gasteiger partial charge on any atom is 0.197 e. The third-order valence-electron chi connectivity index (χ3n) is 0.914. The van der Waals surface area contributed by atoms with Gasteiger partial charge in [-0.25, -0.2) is 0 Å². The highest BCUT2D eigenvalue weighted by Gasteiger charge is 2.18. The van der Waals surface area contributed by atoms with E-state index in [0.717, 1.165) is 4.95 Å². The Hall–Kier alpha value is 0.397. The maximum atomic E-state index is 5.50. The van der Waals surface area contributed by atoms with Crippen LogP contribution in [0.5, 0.6) is 0 Å². The van der Waals surface area contributed by atoms with Crippen LogP contribution in [0.2, 0.25) is 13.1 Å². The molecule has 0 aromatic rings. The van der Waals surface area contributed by atoms with Crippen LogP contribution in [0.4, 0.5) is 0 Å². The van der Waals surface area contributed by atoms with E-state index in [-0.39, 0.29) is 0 Å². The predicted octanol–water partition coefficient (Wildman–Crippen LogP) is 2.33. The normalized spacial score (nSPS) is 11.4. The topological polar surface area (TPSA) is 9.23 Å². The summed E-state index contributed by atoms with van der Waals surface area (Å²) in [5.74, 6) is 0. The summed E-state index contributed by atoms with van der Waals surface area (Å²) < 4.78 is 5.50. The van der Waals surface area contributed by atoms with Crippen molar-refractivity contribution in [2.45, 2.75) is 13.1 Å². The van der Waals surface area contributed by atoms with Gasteiger partial charge >= 0.3 is 0 Å². The van der Waals surface area contributed by atoms with Crippen LogP contribution >= 0.6 is 15.9 Å². The molecule has 0 amide bonds. The summed E-state index contributed by atoms with van der Waals surface area (Å²) >= 11 is 3.40. The first-order chi connectivity index (χ1) is 4.12. The summed E-state index contributed by atoms with van der Waals surface area (Å²) in [6, 6.07) is 0. The van der Waals surface area contributed by atoms with Crippen molar-refractivity contribution in [3.05, 3.63) is 12.7 Å². The second-order valence-corrected chi connectivity index (χ2v) is 8.25. The summed E-state index contributed by atoms with van der Waals surface area (Å²) in [4.78, 5) is 0.994. The lowest BCUT2D eigenvalue weighted by Crippen LogP contribution is -2.32. The van der Waals surface area contributed by atoms with Crippen LogP contribution < -0.4 is 0 Å². The Morgan fingerprint density at radius 1 is 1.67 bits per heavy atom. The molecule has 0 spiro atoms. The van der Waals surface area contributed by atoms with Crippen LogP contribution in [0, 0.1) is 0 Å². The second-order valence-electron chi connectivity index (χ2n) is 2.49. The minimum absolute atomic E-state index is 0.685. The Bertz CT molecular complexity index is 93.1. The molecule has 0 aromatic heterocycles. The highest BCUT2D eigenvalue weighted by Crippen LogP contribution is 2.06. The fourth-order valence-electron chi connectivity index (χ4n) is 0.323. The van der Waals surface area contributed by atoms with Crippen molar-refractivity contribution in [3.63, 3.8) is 0 Å². The standard InChI is InChI=1S/C6H13BrOSi/c1-4-5-8-9(2,3)6-7/h4H,1,5-6H2,2-3H3. The molecule has 0 unspecified atom stereocenters. The van der Waals surface area contributed by atoms with E-state index in [0.29, 0.717) is 6.61 Å². The zero-order valence-electron chi connectivity index (χ0n) is 5.98. The second kappa shape index (κ2) is 4.25. The van der Waals surface area contributed by atoms with Gasteiger partial charge in [-0.3, -0.25) is 0 Å². The molecule has 0 saturated heterocycles. The van der Waals surface area contributed by atoms with Gasteiger partial charge in [0, 0.05) is 4.95 Å². The van der Waals surface area contributed by atoms with Gasteiger partial charge in [0.1, 0.15) is 0 Å². The summed E-state index contributed by atoms with van der Waals surface area (Å²) in [6.07, 6.45) is 1.79. The Balaban J connectivity index is 3.44. The molecule has 0 heterocycles. The molecule has 0 saturated carbocycles. The fourth-order valence-corrected chi connectivity index (χ4v) is 1.45. The third kappa shape index (κ3) is 4.87. The lowest BCUT2D eigenvalue weighted by atomic mass is 10.7. The zero-order chi connectivity index (χ0) is 7.33. The Labute approximate surface area is 66.4 Å². The highest BCUT2D eigenvalue weighted by atomic mass is 79.9. The third-order valence-corrected chi connectivity index (χ3v) is 6.56. The number of alkyl halides is 1. The van der Waals surface area contributed by atoms with Crippen molar-refractivity contribution in [1.82, 2.24) is 0 Å². The highest BCUT2D eigenvalue weighted by molar-refractivity contribution is 9.09. The summed E-state index contributed by atoms with van der Waals surface area (Å²) in [5, 5.41) is 0. The molecule has 0 aliphatic carbocycles. The van der Waals surface area contributed by atoms with Gasteiger partial charge in [-0.2, -0.15) is 0 Å². The van der Waals surface area contributed by atoms with E-state index in [2.05, 4.69) is 35.6 Å². The molecule has 0 N–H and O–H groups in total. The van der Waals surface area contributed by atoms with Crippen molar-refractivity contribution in [1.29, 1.82) is 0 Å². The molecule has 9 heavy (non-hydrogen) atoms. The van der Waals surface area contributed by atoms with Gasteiger partial charge in [-0.1, -0.05) is 22.0 Å². The molecule has 1 nitrogen and oxygen atoms in total. The smallest absolute Gasteiger partial charge is 0.197 e. The average molecular weight is 209 g/mol. The lowest BCUT2D eigenvalue weighted by Gasteiger charge is -2.17. The van der Waals surface area contributed by atoms with E-state index in [4.69, 9.17) is 4.43 Å². The van der Waals surface area contributed by atoms with Gasteiger partial charge in [-0.05, 0) is 13.1 Å². The Morgan fingerprint density at radius 2 is 2.22 bits per heavy atom. The maximum absolute atomic E-state index is 5.50. The molecule has 0 bridgehead atoms. The van der Waals surface area contributed by atoms with Crippen LogP contribution in [0.1, 0.15) is 0 Å². The number of hydrogen-bond acceptors (Lipinski definition) is 1. The molecular weight excluding hydrogens is 196 g/mol. The van der Waals surface area contributed by atoms with E-state index in [1.807, 2.05) is 0 Å². The molecule has 3 heteroatoms. The van der Waals surface area contributed by atoms with Crippen LogP contribution in [-0.2, 0) is 4.43 Å². The van der Waals surface area contributed by atoms with Crippen molar-refractivity contribution in [3.8, 4) is 0 Å². The van der Waals surface area contributed by atoms with Crippen LogP contribution in [0.15, 0.2) is 12.7 Å². The minimum atomic E-state index is -1.35. The summed E-state index contributed by atoms with van der Waals surface area (Å²) in [6.45, 7) is 8.61. The summed E-state index contributed by atoms with van der Waals surface area (Å²) in [5.41, 5.74) is 0. The Morgan fingerprint density at radius 3 is 2.56 bits per heavy atom. The molecule has 0 rings (SSSR count). The number of halogens is 1. The molecule has 0 aliphatic heterocycles. The van der Waals surface area contributed by atoms with Gasteiger partial charge in [0.2, 0.25) is 0 Å². The van der Waals surface area contributed by atoms with Gasteiger partial charge in [0.05, 0.1) is 6.61 Å². The first-order valence-electron chi connectivity index (χ1n) is 2.93. The van der Waals surface area contributed by atoms with E-state index >= 15 is 0 Å². The van der Waals surface area contributed by atoms with Gasteiger partial charge in [-0.15, -0.1) is 6.58 Å². The lowest BCUT2D eigenvalue weighted by molar-refractivity contribution is 0.357. The van der Waals surface area contributed by atoms with E-state index in [1.54, 1.807) is 6.08 Å². The molecule has 0 fully saturated rings. The van der Waals surface area contributed by atoms with E-state index in [9.17, 15) is 0 Å². The molecule has 0 aliphatic rings. The average Bonchev–Trinajstić information content (AvgIpc) is 1.84. The molecule has 0 atom stereocenters. The fraction of sp³-hybridized carbons (Fsp3) is 0.667. The van der Waals surface area contributed by atoms with Gasteiger partial charge in [0.25, 0.3) is 0 Å². The quantitative estimate of drug-likeness (QED) is 0.392. The monoisotopic (exact) mass is 208 g/mol. The van der Waals surface area contributed by atoms with Crippen LogP contribution in [-0.4, -0.2) is 19.9 Å². The predicted molar refractivity (Wildman–Crippen MR) is 47.4 cm³/mol. The largest absolute Gasteiger partial charge is 0.413 e. The van der Waals surface area contributed by atoms with Gasteiger partial charge < -0.3 is 4.43 Å². The van der Waals surface area contributed by atoms with Crippen LogP contribution in [0.25, 0.3) is 0 Å². The minimum Gasteiger partial charge on any atom is -0.413 e. The molecular formula is C6H13BrOSi. The van der Waals surface area contributed by atoms with Gasteiger partial charge in [0.15, 0.2) is 8.32 Å². The molecule has 0 aromatic carbocycles. The zero-order valence-corrected chi connectivity index (χ0v) is 8.57.